The van der Waals surface area contributed by atoms with Gasteiger partial charge < -0.3 is 0 Å². The molecule has 0 bridgehead atoms. The summed E-state index contributed by atoms with van der Waals surface area (Å²) in [6, 6.07) is 0. The highest BCUT2D eigenvalue weighted by atomic mass is 79.9. The summed E-state index contributed by atoms with van der Waals surface area (Å²) in [5.41, 5.74) is 0. The van der Waals surface area contributed by atoms with Crippen LogP contribution in [-0.2, 0) is 9.59 Å². The monoisotopic (exact) mass is 189 g/mol. The third-order valence-electron chi connectivity index (χ3n) is 0.946. The summed E-state index contributed by atoms with van der Waals surface area (Å²) in [6.45, 7) is 0.134. The van der Waals surface area contributed by atoms with E-state index in [4.69, 9.17) is 0 Å². The van der Waals surface area contributed by atoms with E-state index in [2.05, 4.69) is 16.1 Å². The Hall–Kier alpha value is -0.640. The van der Waals surface area contributed by atoms with Crippen LogP contribution in [0.1, 0.15) is 0 Å². The lowest BCUT2D eigenvalue weighted by atomic mass is 10.3. The summed E-state index contributed by atoms with van der Waals surface area (Å²) >= 11 is 2.91. The van der Waals surface area contributed by atoms with Crippen molar-refractivity contribution in [3.8, 4) is 0 Å². The molecule has 48 valence electrons. The summed E-state index contributed by atoms with van der Waals surface area (Å²) in [5, 5.41) is 0. The molecule has 0 aromatic carbocycles. The Morgan fingerprint density at radius 2 is 2.11 bits per heavy atom. The molecule has 1 aliphatic rings. The zero-order valence-electron chi connectivity index (χ0n) is 4.50. The van der Waals surface area contributed by atoms with Gasteiger partial charge in [-0.3, -0.25) is 13.5 Å². The first-order chi connectivity index (χ1) is 4.20. The number of ketones is 1. The summed E-state index contributed by atoms with van der Waals surface area (Å²) in [7, 11) is 0. The predicted molar refractivity (Wildman–Crippen MR) is 34.8 cm³/mol. The summed E-state index contributed by atoms with van der Waals surface area (Å²) in [6.07, 6.45) is 2.51. The van der Waals surface area contributed by atoms with E-state index in [9.17, 15) is 9.59 Å². The standard InChI is InChI=1S/C5H4BrNO2/c6-7-3-4(8)1-2-5(7)9/h1-2H,3H2. The first kappa shape index (κ1) is 6.48. The van der Waals surface area contributed by atoms with Crippen molar-refractivity contribution in [2.24, 2.45) is 0 Å². The number of amides is 1. The Labute approximate surface area is 60.7 Å². The van der Waals surface area contributed by atoms with E-state index < -0.39 is 0 Å². The van der Waals surface area contributed by atoms with Crippen LogP contribution in [-0.4, -0.2) is 22.2 Å². The minimum atomic E-state index is -0.186. The summed E-state index contributed by atoms with van der Waals surface area (Å²) < 4.78 is 1.19. The third kappa shape index (κ3) is 1.38. The predicted octanol–water partition coefficient (Wildman–Crippen LogP) is 0.264. The lowest BCUT2D eigenvalue weighted by Crippen LogP contribution is -2.28. The van der Waals surface area contributed by atoms with Crippen LogP contribution in [0.2, 0.25) is 0 Å². The van der Waals surface area contributed by atoms with Gasteiger partial charge in [-0.05, 0) is 6.08 Å². The van der Waals surface area contributed by atoms with Gasteiger partial charge >= 0.3 is 0 Å². The van der Waals surface area contributed by atoms with Crippen LogP contribution in [0.5, 0.6) is 0 Å². The maximum Gasteiger partial charge on any atom is 0.256 e. The van der Waals surface area contributed by atoms with E-state index in [1.807, 2.05) is 0 Å². The largest absolute Gasteiger partial charge is 0.293 e. The van der Waals surface area contributed by atoms with Crippen LogP contribution in [0.25, 0.3) is 0 Å². The van der Waals surface area contributed by atoms with Crippen LogP contribution >= 0.6 is 16.1 Å². The van der Waals surface area contributed by atoms with Gasteiger partial charge in [-0.25, -0.2) is 0 Å². The minimum Gasteiger partial charge on any atom is -0.293 e. The zero-order valence-corrected chi connectivity index (χ0v) is 6.09. The number of halogens is 1. The Morgan fingerprint density at radius 3 is 2.56 bits per heavy atom. The number of nitrogens with zero attached hydrogens (tertiary/aromatic N) is 1. The number of carbonyl (C=O) groups excluding carboxylic acids is 2. The molecule has 0 N–H and O–H groups in total. The van der Waals surface area contributed by atoms with Crippen LogP contribution in [0.15, 0.2) is 12.2 Å². The van der Waals surface area contributed by atoms with Crippen molar-refractivity contribution >= 4 is 27.8 Å². The fraction of sp³-hybridized carbons (Fsp3) is 0.200. The Kier molecular flexibility index (Phi) is 1.66. The van der Waals surface area contributed by atoms with Crippen molar-refractivity contribution in [3.63, 3.8) is 0 Å². The van der Waals surface area contributed by atoms with Gasteiger partial charge in [0.1, 0.15) is 0 Å². The molecular formula is C5H4BrNO2. The molecule has 1 aliphatic heterocycles. The number of carbonyl (C=O) groups is 2. The Morgan fingerprint density at radius 1 is 1.44 bits per heavy atom. The molecule has 0 spiro atoms. The summed E-state index contributed by atoms with van der Waals surface area (Å²) in [4.78, 5) is 21.1. The van der Waals surface area contributed by atoms with Crippen molar-refractivity contribution in [2.75, 3.05) is 6.54 Å². The molecule has 9 heavy (non-hydrogen) atoms. The average molecular weight is 190 g/mol. The molecule has 1 amide bonds. The van der Waals surface area contributed by atoms with E-state index in [0.717, 1.165) is 0 Å². The van der Waals surface area contributed by atoms with Crippen molar-refractivity contribution in [2.45, 2.75) is 0 Å². The number of hydrogen-bond acceptors (Lipinski definition) is 2. The van der Waals surface area contributed by atoms with Gasteiger partial charge in [0.25, 0.3) is 5.91 Å². The molecule has 3 nitrogen and oxygen atoms in total. The van der Waals surface area contributed by atoms with Crippen molar-refractivity contribution < 1.29 is 9.59 Å². The zero-order chi connectivity index (χ0) is 6.85. The van der Waals surface area contributed by atoms with E-state index in [-0.39, 0.29) is 18.2 Å². The highest BCUT2D eigenvalue weighted by Gasteiger charge is 2.14. The van der Waals surface area contributed by atoms with Gasteiger partial charge in [0, 0.05) is 6.08 Å². The van der Waals surface area contributed by atoms with E-state index >= 15 is 0 Å². The topological polar surface area (TPSA) is 37.4 Å². The molecular weight excluding hydrogens is 186 g/mol. The van der Waals surface area contributed by atoms with Crippen molar-refractivity contribution in [1.82, 2.24) is 3.93 Å². The molecule has 1 rings (SSSR count). The smallest absolute Gasteiger partial charge is 0.256 e. The van der Waals surface area contributed by atoms with Crippen LogP contribution < -0.4 is 0 Å². The van der Waals surface area contributed by atoms with Crippen LogP contribution in [0.4, 0.5) is 0 Å². The second kappa shape index (κ2) is 2.31. The van der Waals surface area contributed by atoms with E-state index in [1.54, 1.807) is 0 Å². The molecule has 0 unspecified atom stereocenters. The van der Waals surface area contributed by atoms with Gasteiger partial charge in [0.2, 0.25) is 0 Å². The van der Waals surface area contributed by atoms with Gasteiger partial charge in [0.15, 0.2) is 5.78 Å². The average Bonchev–Trinajstić information content (AvgIpc) is 1.80. The van der Waals surface area contributed by atoms with Gasteiger partial charge in [-0.2, -0.15) is 0 Å². The maximum atomic E-state index is 10.6. The summed E-state index contributed by atoms with van der Waals surface area (Å²) in [5.74, 6) is -0.249. The lowest BCUT2D eigenvalue weighted by Gasteiger charge is -2.12. The minimum absolute atomic E-state index is 0.0634. The molecule has 0 fully saturated rings. The molecule has 0 aliphatic carbocycles. The molecule has 0 saturated carbocycles. The van der Waals surface area contributed by atoms with Crippen LogP contribution in [0.3, 0.4) is 0 Å². The quantitative estimate of drug-likeness (QED) is 0.514. The molecule has 1 heterocycles. The van der Waals surface area contributed by atoms with Gasteiger partial charge in [-0.1, -0.05) is 0 Å². The SMILES string of the molecule is O=C1C=CC(=O)N(Br)C1. The number of rotatable bonds is 0. The Balaban J connectivity index is 2.76. The van der Waals surface area contributed by atoms with Crippen molar-refractivity contribution in [1.29, 1.82) is 0 Å². The first-order valence-electron chi connectivity index (χ1n) is 2.38. The fourth-order valence-corrected chi connectivity index (χ4v) is 0.878. The van der Waals surface area contributed by atoms with Crippen LogP contribution in [0, 0.1) is 0 Å². The fourth-order valence-electron chi connectivity index (χ4n) is 0.513. The molecule has 0 aromatic rings. The normalized spacial score (nSPS) is 19.0. The first-order valence-corrected chi connectivity index (χ1v) is 3.09. The third-order valence-corrected chi connectivity index (χ3v) is 1.55. The second-order valence-corrected chi connectivity index (χ2v) is 2.51. The molecule has 0 atom stereocenters. The van der Waals surface area contributed by atoms with E-state index in [0.29, 0.717) is 0 Å². The molecule has 0 radical (unpaired) electrons. The van der Waals surface area contributed by atoms with Gasteiger partial charge in [0.05, 0.1) is 22.7 Å². The van der Waals surface area contributed by atoms with E-state index in [1.165, 1.54) is 16.1 Å². The van der Waals surface area contributed by atoms with Gasteiger partial charge in [-0.15, -0.1) is 0 Å². The molecule has 0 aromatic heterocycles. The lowest BCUT2D eigenvalue weighted by molar-refractivity contribution is -0.126. The molecule has 4 heteroatoms. The number of hydrogen-bond donors (Lipinski definition) is 0. The highest BCUT2D eigenvalue weighted by Crippen LogP contribution is 2.04. The Bertz CT molecular complexity index is 187. The highest BCUT2D eigenvalue weighted by molar-refractivity contribution is 9.07. The second-order valence-electron chi connectivity index (χ2n) is 1.66. The molecule has 0 saturated heterocycles. The van der Waals surface area contributed by atoms with Crippen molar-refractivity contribution in [3.05, 3.63) is 12.2 Å². The maximum absolute atomic E-state index is 10.6.